The van der Waals surface area contributed by atoms with Crippen molar-refractivity contribution >= 4 is 13.8 Å². The van der Waals surface area contributed by atoms with Gasteiger partial charge >= 0.3 is 13.8 Å². The highest BCUT2D eigenvalue weighted by Crippen LogP contribution is 2.47. The van der Waals surface area contributed by atoms with Crippen molar-refractivity contribution in [3.63, 3.8) is 0 Å². The predicted octanol–water partition coefficient (Wildman–Crippen LogP) is 8.41. The molecule has 0 amide bonds. The van der Waals surface area contributed by atoms with Crippen molar-refractivity contribution in [2.45, 2.75) is 185 Å². The number of phosphoric ester groups is 1. The fourth-order valence-electron chi connectivity index (χ4n) is 6.15. The van der Waals surface area contributed by atoms with Crippen LogP contribution in [-0.2, 0) is 27.9 Å². The Balaban J connectivity index is 2.45. The highest BCUT2D eigenvalue weighted by Gasteiger charge is 2.51. The molecule has 0 aliphatic heterocycles. The zero-order chi connectivity index (χ0) is 42.7. The molecule has 1 fully saturated rings. The first kappa shape index (κ1) is 53.8. The molecule has 1 aliphatic carbocycles. The molecule has 334 valence electrons. The van der Waals surface area contributed by atoms with Crippen molar-refractivity contribution in [2.24, 2.45) is 0 Å². The minimum absolute atomic E-state index is 0.0970. The number of esters is 1. The zero-order valence-electron chi connectivity index (χ0n) is 35.3. The number of unbranched alkanes of at least 4 members (excludes halogenated alkanes) is 11. The number of allylic oxidation sites excluding steroid dienone is 12. The van der Waals surface area contributed by atoms with E-state index in [-0.39, 0.29) is 13.0 Å². The van der Waals surface area contributed by atoms with Gasteiger partial charge < -0.3 is 39.9 Å². The molecular weight excluding hydrogens is 763 g/mol. The van der Waals surface area contributed by atoms with Gasteiger partial charge in [-0.25, -0.2) is 4.57 Å². The summed E-state index contributed by atoms with van der Waals surface area (Å²) in [7, 11) is -5.03. The predicted molar refractivity (Wildman–Crippen MR) is 230 cm³/mol. The summed E-state index contributed by atoms with van der Waals surface area (Å²) in [5, 5.41) is 50.1. The van der Waals surface area contributed by atoms with Crippen LogP contribution < -0.4 is 0 Å². The highest BCUT2D eigenvalue weighted by atomic mass is 31.2. The van der Waals surface area contributed by atoms with E-state index in [1.165, 1.54) is 0 Å². The maximum absolute atomic E-state index is 12.8. The van der Waals surface area contributed by atoms with Gasteiger partial charge in [-0.2, -0.15) is 0 Å². The van der Waals surface area contributed by atoms with Crippen LogP contribution in [0.15, 0.2) is 72.9 Å². The van der Waals surface area contributed by atoms with Gasteiger partial charge in [-0.05, 0) is 77.0 Å². The molecule has 0 radical (unpaired) electrons. The maximum Gasteiger partial charge on any atom is 0.472 e. The number of rotatable bonds is 35. The van der Waals surface area contributed by atoms with Gasteiger partial charge in [0, 0.05) is 13.0 Å². The number of aliphatic hydroxyl groups excluding tert-OH is 5. The SMILES string of the molecule is CC/C=C\C/C=C\C/C=C\CCCCCCCCOCC(COP(=O)(O)OC1C(O)C(O)C(O)C(O)C1O)OC(=O)CCCCCCC/C=C\C/C=C\C/C=C\CC. The summed E-state index contributed by atoms with van der Waals surface area (Å²) >= 11 is 0. The minimum atomic E-state index is -5.03. The van der Waals surface area contributed by atoms with Crippen LogP contribution in [0.3, 0.4) is 0 Å². The van der Waals surface area contributed by atoms with E-state index in [2.05, 4.69) is 86.8 Å². The van der Waals surface area contributed by atoms with Crippen LogP contribution in [0.4, 0.5) is 0 Å². The number of aliphatic hydroxyl groups is 5. The second-order valence-electron chi connectivity index (χ2n) is 14.8. The first-order chi connectivity index (χ1) is 28.0. The molecule has 0 aromatic carbocycles. The number of carbonyl (C=O) groups is 1. The standard InChI is InChI=1S/C45H77O12P/c1-3-5-7-9-11-13-15-17-19-21-23-25-27-29-31-33-35-54-36-38(37-55-58(52,53)57-45-43(50)41(48)40(47)42(49)44(45)51)56-39(46)34-32-30-28-26-24-22-20-18-16-14-12-10-8-6-4-2/h5-8,11-14,17-20,38,40-45,47-51H,3-4,9-10,15-16,21-37H2,1-2H3,(H,52,53)/b7-5-,8-6-,13-11-,14-12-,19-17-,20-18-. The molecule has 1 rings (SSSR count). The molecule has 0 aromatic rings. The fraction of sp³-hybridized carbons (Fsp3) is 0.711. The van der Waals surface area contributed by atoms with Crippen molar-refractivity contribution < 1.29 is 58.3 Å². The van der Waals surface area contributed by atoms with E-state index >= 15 is 0 Å². The average molecular weight is 841 g/mol. The van der Waals surface area contributed by atoms with Crippen LogP contribution in [0.5, 0.6) is 0 Å². The van der Waals surface area contributed by atoms with Crippen molar-refractivity contribution in [1.29, 1.82) is 0 Å². The molecule has 0 aromatic heterocycles. The van der Waals surface area contributed by atoms with Gasteiger partial charge in [0.25, 0.3) is 0 Å². The van der Waals surface area contributed by atoms with Gasteiger partial charge in [0.05, 0.1) is 13.2 Å². The summed E-state index contributed by atoms with van der Waals surface area (Å²) in [5.74, 6) is -0.503. The number of carbonyl (C=O) groups excluding carboxylic acids is 1. The third-order valence-electron chi connectivity index (χ3n) is 9.57. The average Bonchev–Trinajstić information content (AvgIpc) is 3.21. The molecule has 0 spiro atoms. The normalized spacial score (nSPS) is 23.4. The Morgan fingerprint density at radius 1 is 0.552 bits per heavy atom. The van der Waals surface area contributed by atoms with Gasteiger partial charge in [0.15, 0.2) is 0 Å². The molecule has 12 nitrogen and oxygen atoms in total. The molecule has 0 heterocycles. The van der Waals surface area contributed by atoms with Crippen LogP contribution in [0.25, 0.3) is 0 Å². The smallest absolute Gasteiger partial charge is 0.457 e. The largest absolute Gasteiger partial charge is 0.472 e. The van der Waals surface area contributed by atoms with Crippen LogP contribution >= 0.6 is 7.82 Å². The van der Waals surface area contributed by atoms with Crippen molar-refractivity contribution in [3.8, 4) is 0 Å². The Kier molecular flexibility index (Phi) is 33.0. The molecule has 1 aliphatic rings. The summed E-state index contributed by atoms with van der Waals surface area (Å²) in [6.07, 6.45) is 32.6. The topological polar surface area (TPSA) is 192 Å². The van der Waals surface area contributed by atoms with Gasteiger partial charge in [0.2, 0.25) is 0 Å². The van der Waals surface area contributed by atoms with E-state index in [1.54, 1.807) is 0 Å². The van der Waals surface area contributed by atoms with E-state index in [0.29, 0.717) is 13.0 Å². The minimum Gasteiger partial charge on any atom is -0.457 e. The van der Waals surface area contributed by atoms with E-state index in [9.17, 15) is 39.8 Å². The molecular formula is C45H77O12P. The maximum atomic E-state index is 12.8. The van der Waals surface area contributed by atoms with Crippen LogP contribution in [0.1, 0.15) is 142 Å². The highest BCUT2D eigenvalue weighted by molar-refractivity contribution is 7.47. The second-order valence-corrected chi connectivity index (χ2v) is 16.2. The Bertz CT molecular complexity index is 1230. The number of phosphoric acid groups is 1. The van der Waals surface area contributed by atoms with Gasteiger partial charge in [-0.1, -0.05) is 132 Å². The lowest BCUT2D eigenvalue weighted by molar-refractivity contribution is -0.220. The van der Waals surface area contributed by atoms with Gasteiger partial charge in [-0.15, -0.1) is 0 Å². The third-order valence-corrected chi connectivity index (χ3v) is 10.6. The van der Waals surface area contributed by atoms with Crippen molar-refractivity contribution in [2.75, 3.05) is 19.8 Å². The monoisotopic (exact) mass is 841 g/mol. The molecule has 6 atom stereocenters. The van der Waals surface area contributed by atoms with Crippen molar-refractivity contribution in [1.82, 2.24) is 0 Å². The number of hydrogen-bond donors (Lipinski definition) is 6. The Hall–Kier alpha value is -2.22. The second kappa shape index (κ2) is 35.5. The number of ether oxygens (including phenoxy) is 2. The van der Waals surface area contributed by atoms with Crippen LogP contribution in [0.2, 0.25) is 0 Å². The molecule has 58 heavy (non-hydrogen) atoms. The van der Waals surface area contributed by atoms with E-state index in [4.69, 9.17) is 18.5 Å². The summed E-state index contributed by atoms with van der Waals surface area (Å²) in [5.41, 5.74) is 0. The summed E-state index contributed by atoms with van der Waals surface area (Å²) in [4.78, 5) is 23.1. The first-order valence-corrected chi connectivity index (χ1v) is 23.3. The zero-order valence-corrected chi connectivity index (χ0v) is 36.2. The fourth-order valence-corrected chi connectivity index (χ4v) is 7.12. The van der Waals surface area contributed by atoms with E-state index < -0.39 is 63.1 Å². The molecule has 6 unspecified atom stereocenters. The molecule has 6 N–H and O–H groups in total. The Labute approximate surface area is 349 Å². The number of hydrogen-bond acceptors (Lipinski definition) is 11. The molecule has 0 bridgehead atoms. The lowest BCUT2D eigenvalue weighted by Gasteiger charge is -2.41. The van der Waals surface area contributed by atoms with Crippen LogP contribution in [0, 0.1) is 0 Å². The van der Waals surface area contributed by atoms with Gasteiger partial charge in [0.1, 0.15) is 42.7 Å². The van der Waals surface area contributed by atoms with Gasteiger partial charge in [-0.3, -0.25) is 13.8 Å². The molecule has 13 heteroatoms. The van der Waals surface area contributed by atoms with E-state index in [0.717, 1.165) is 116 Å². The summed E-state index contributed by atoms with van der Waals surface area (Å²) < 4.78 is 34.1. The summed E-state index contributed by atoms with van der Waals surface area (Å²) in [6, 6.07) is 0. The van der Waals surface area contributed by atoms with E-state index in [1.807, 2.05) is 0 Å². The Morgan fingerprint density at radius 2 is 0.966 bits per heavy atom. The first-order valence-electron chi connectivity index (χ1n) is 21.8. The Morgan fingerprint density at radius 3 is 1.47 bits per heavy atom. The lowest BCUT2D eigenvalue weighted by Crippen LogP contribution is -2.64. The van der Waals surface area contributed by atoms with Crippen molar-refractivity contribution in [3.05, 3.63) is 72.9 Å². The molecule has 1 saturated carbocycles. The molecule has 0 saturated heterocycles. The lowest BCUT2D eigenvalue weighted by atomic mass is 9.85. The van der Waals surface area contributed by atoms with Crippen LogP contribution in [-0.4, -0.2) is 98.9 Å². The quantitative estimate of drug-likeness (QED) is 0.0155. The summed E-state index contributed by atoms with van der Waals surface area (Å²) in [6.45, 7) is 3.96. The third kappa shape index (κ3) is 27.5.